The third kappa shape index (κ3) is 7.21. The number of pyridine rings is 1. The predicted octanol–water partition coefficient (Wildman–Crippen LogP) is 1.23. The van der Waals surface area contributed by atoms with Crippen LogP contribution in [0.15, 0.2) is 24.5 Å². The Bertz CT molecular complexity index is 371. The molecule has 1 rings (SSSR count). The number of carbonyl (C=O) groups is 1. The van der Waals surface area contributed by atoms with Crippen molar-refractivity contribution in [3.05, 3.63) is 30.1 Å². The molecule has 0 fully saturated rings. The van der Waals surface area contributed by atoms with Crippen molar-refractivity contribution in [2.75, 3.05) is 33.4 Å². The molecule has 0 radical (unpaired) electrons. The van der Waals surface area contributed by atoms with Gasteiger partial charge in [-0.2, -0.15) is 0 Å². The topological polar surface area (TPSA) is 68.5 Å². The number of nitrogens with two attached hydrogens (primary N) is 1. The van der Waals surface area contributed by atoms with E-state index in [1.54, 1.807) is 24.3 Å². The number of nitrogens with zero attached hydrogens (tertiary/aromatic N) is 2. The molecule has 1 heterocycles. The first-order valence-corrected chi connectivity index (χ1v) is 7.14. The van der Waals surface area contributed by atoms with Crippen molar-refractivity contribution in [1.29, 1.82) is 0 Å². The van der Waals surface area contributed by atoms with Crippen LogP contribution in [0.2, 0.25) is 0 Å². The van der Waals surface area contributed by atoms with E-state index >= 15 is 0 Å². The highest BCUT2D eigenvalue weighted by Gasteiger charge is 2.07. The fraction of sp³-hybridized carbons (Fsp3) is 0.600. The third-order valence-electron chi connectivity index (χ3n) is 3.09. The first-order valence-electron chi connectivity index (χ1n) is 7.14. The normalized spacial score (nSPS) is 10.5. The van der Waals surface area contributed by atoms with E-state index in [4.69, 9.17) is 10.5 Å². The van der Waals surface area contributed by atoms with E-state index in [1.165, 1.54) is 5.56 Å². The van der Waals surface area contributed by atoms with Crippen molar-refractivity contribution < 1.29 is 9.53 Å². The second kappa shape index (κ2) is 10.3. The Balaban J connectivity index is 2.00. The van der Waals surface area contributed by atoms with Crippen molar-refractivity contribution >= 4 is 5.91 Å². The Kier molecular flexibility index (Phi) is 8.58. The van der Waals surface area contributed by atoms with Crippen LogP contribution >= 0.6 is 0 Å². The predicted molar refractivity (Wildman–Crippen MR) is 79.3 cm³/mol. The zero-order valence-corrected chi connectivity index (χ0v) is 12.3. The van der Waals surface area contributed by atoms with Gasteiger partial charge in [0.1, 0.15) is 0 Å². The van der Waals surface area contributed by atoms with E-state index in [2.05, 4.69) is 4.98 Å². The summed E-state index contributed by atoms with van der Waals surface area (Å²) < 4.78 is 5.49. The fourth-order valence-corrected chi connectivity index (χ4v) is 1.83. The molecule has 0 aliphatic rings. The minimum absolute atomic E-state index is 0.118. The number of hydrogen-bond acceptors (Lipinski definition) is 4. The lowest BCUT2D eigenvalue weighted by Crippen LogP contribution is -2.29. The van der Waals surface area contributed by atoms with Gasteiger partial charge in [0, 0.05) is 32.6 Å². The van der Waals surface area contributed by atoms with Crippen molar-refractivity contribution in [2.24, 2.45) is 5.73 Å². The van der Waals surface area contributed by atoms with E-state index in [-0.39, 0.29) is 5.91 Å². The van der Waals surface area contributed by atoms with Crippen LogP contribution in [0.5, 0.6) is 0 Å². The van der Waals surface area contributed by atoms with Crippen LogP contribution < -0.4 is 5.73 Å². The second-order valence-electron chi connectivity index (χ2n) is 4.78. The molecule has 0 bridgehead atoms. The molecule has 2 N–H and O–H groups in total. The fourth-order valence-electron chi connectivity index (χ4n) is 1.83. The summed E-state index contributed by atoms with van der Waals surface area (Å²) in [7, 11) is 1.81. The van der Waals surface area contributed by atoms with Crippen LogP contribution in [-0.4, -0.2) is 49.1 Å². The second-order valence-corrected chi connectivity index (χ2v) is 4.78. The van der Waals surface area contributed by atoms with Gasteiger partial charge in [0.25, 0.3) is 0 Å². The Hall–Kier alpha value is -1.46. The van der Waals surface area contributed by atoms with Crippen LogP contribution in [0.25, 0.3) is 0 Å². The molecule has 0 saturated carbocycles. The van der Waals surface area contributed by atoms with Crippen LogP contribution in [0.4, 0.5) is 0 Å². The van der Waals surface area contributed by atoms with Crippen LogP contribution in [0.3, 0.4) is 0 Å². The van der Waals surface area contributed by atoms with Crippen LogP contribution in [0.1, 0.15) is 24.8 Å². The molecule has 0 saturated heterocycles. The van der Waals surface area contributed by atoms with Crippen LogP contribution in [0, 0.1) is 0 Å². The SMILES string of the molecule is CN(CCCN)C(=O)CCOCCCc1ccncc1. The Morgan fingerprint density at radius 3 is 2.75 bits per heavy atom. The molecule has 0 atom stereocenters. The maximum Gasteiger partial charge on any atom is 0.224 e. The van der Waals surface area contributed by atoms with Gasteiger partial charge in [-0.1, -0.05) is 0 Å². The van der Waals surface area contributed by atoms with E-state index in [0.717, 1.165) is 25.8 Å². The monoisotopic (exact) mass is 279 g/mol. The molecule has 1 aromatic rings. The minimum Gasteiger partial charge on any atom is -0.381 e. The summed E-state index contributed by atoms with van der Waals surface area (Å²) in [6, 6.07) is 4.02. The minimum atomic E-state index is 0.118. The molecule has 20 heavy (non-hydrogen) atoms. The zero-order valence-electron chi connectivity index (χ0n) is 12.3. The zero-order chi connectivity index (χ0) is 14.6. The molecule has 0 aliphatic heterocycles. The first-order chi connectivity index (χ1) is 9.74. The molecule has 0 unspecified atom stereocenters. The van der Waals surface area contributed by atoms with Gasteiger partial charge in [-0.25, -0.2) is 0 Å². The number of ether oxygens (including phenoxy) is 1. The van der Waals surface area contributed by atoms with Gasteiger partial charge >= 0.3 is 0 Å². The van der Waals surface area contributed by atoms with Gasteiger partial charge in [0.2, 0.25) is 5.91 Å². The van der Waals surface area contributed by atoms with Gasteiger partial charge in [-0.05, 0) is 43.5 Å². The average molecular weight is 279 g/mol. The van der Waals surface area contributed by atoms with Gasteiger partial charge in [-0.15, -0.1) is 0 Å². The standard InChI is InChI=1S/C15H25N3O2/c1-18(11-3-8-16)15(19)7-13-20-12-2-4-14-5-9-17-10-6-14/h5-6,9-10H,2-4,7-8,11-13,16H2,1H3. The summed E-state index contributed by atoms with van der Waals surface area (Å²) >= 11 is 0. The van der Waals surface area contributed by atoms with Crippen molar-refractivity contribution in [3.8, 4) is 0 Å². The van der Waals surface area contributed by atoms with Crippen molar-refractivity contribution in [1.82, 2.24) is 9.88 Å². The number of amides is 1. The molecule has 1 aromatic heterocycles. The molecule has 0 aliphatic carbocycles. The quantitative estimate of drug-likeness (QED) is 0.654. The van der Waals surface area contributed by atoms with Crippen molar-refractivity contribution in [3.63, 3.8) is 0 Å². The highest BCUT2D eigenvalue weighted by Crippen LogP contribution is 2.01. The number of rotatable bonds is 10. The summed E-state index contributed by atoms with van der Waals surface area (Å²) in [5, 5.41) is 0. The summed E-state index contributed by atoms with van der Waals surface area (Å²) in [5.74, 6) is 0.118. The van der Waals surface area contributed by atoms with Crippen molar-refractivity contribution in [2.45, 2.75) is 25.7 Å². The highest BCUT2D eigenvalue weighted by atomic mass is 16.5. The molecule has 5 heteroatoms. The number of aryl methyl sites for hydroxylation is 1. The van der Waals surface area contributed by atoms with Crippen LogP contribution in [-0.2, 0) is 16.0 Å². The number of carbonyl (C=O) groups excluding carboxylic acids is 1. The number of hydrogen-bond donors (Lipinski definition) is 1. The van der Waals surface area contributed by atoms with E-state index in [0.29, 0.717) is 26.2 Å². The molecule has 0 spiro atoms. The summed E-state index contributed by atoms with van der Waals surface area (Å²) in [6.45, 7) is 2.50. The molecule has 1 amide bonds. The van der Waals surface area contributed by atoms with E-state index in [9.17, 15) is 4.79 Å². The average Bonchev–Trinajstić information content (AvgIpc) is 2.49. The Morgan fingerprint density at radius 2 is 2.05 bits per heavy atom. The molecule has 0 aromatic carbocycles. The number of aromatic nitrogens is 1. The smallest absolute Gasteiger partial charge is 0.224 e. The van der Waals surface area contributed by atoms with E-state index in [1.807, 2.05) is 12.1 Å². The first kappa shape index (κ1) is 16.6. The molecule has 112 valence electrons. The molecular weight excluding hydrogens is 254 g/mol. The highest BCUT2D eigenvalue weighted by molar-refractivity contribution is 5.75. The van der Waals surface area contributed by atoms with Gasteiger partial charge in [0.15, 0.2) is 0 Å². The third-order valence-corrected chi connectivity index (χ3v) is 3.09. The van der Waals surface area contributed by atoms with Gasteiger partial charge in [-0.3, -0.25) is 9.78 Å². The Labute approximate surface area is 121 Å². The summed E-state index contributed by atoms with van der Waals surface area (Å²) in [6.07, 6.45) is 6.82. The maximum absolute atomic E-state index is 11.7. The Morgan fingerprint density at radius 1 is 1.30 bits per heavy atom. The summed E-state index contributed by atoms with van der Waals surface area (Å²) in [5.41, 5.74) is 6.68. The van der Waals surface area contributed by atoms with Gasteiger partial charge in [0.05, 0.1) is 13.0 Å². The molecule has 5 nitrogen and oxygen atoms in total. The lowest BCUT2D eigenvalue weighted by molar-refractivity contribution is -0.131. The summed E-state index contributed by atoms with van der Waals surface area (Å²) in [4.78, 5) is 17.4. The molecular formula is C15H25N3O2. The maximum atomic E-state index is 11.7. The van der Waals surface area contributed by atoms with E-state index < -0.39 is 0 Å². The lowest BCUT2D eigenvalue weighted by atomic mass is 10.1. The largest absolute Gasteiger partial charge is 0.381 e. The lowest BCUT2D eigenvalue weighted by Gasteiger charge is -2.16. The van der Waals surface area contributed by atoms with Gasteiger partial charge < -0.3 is 15.4 Å².